The van der Waals surface area contributed by atoms with Crippen molar-refractivity contribution < 1.29 is 4.74 Å². The quantitative estimate of drug-likeness (QED) is 0.586. The number of thiazole rings is 1. The third-order valence-corrected chi connectivity index (χ3v) is 4.97. The standard InChI is InChI=1S/C21H18N2OS/c1-14-8-9-16(10-15(14)2)19-13-25-21(23-19)18(12-22)11-17-6-4-5-7-20(17)24-3/h4-11,13H,1-3H3/b18-11-. The maximum absolute atomic E-state index is 9.57. The largest absolute Gasteiger partial charge is 0.496 e. The van der Waals surface area contributed by atoms with Gasteiger partial charge in [-0.25, -0.2) is 4.98 Å². The number of hydrogen-bond acceptors (Lipinski definition) is 4. The lowest BCUT2D eigenvalue weighted by Crippen LogP contribution is -1.88. The van der Waals surface area contributed by atoms with E-state index >= 15 is 0 Å². The Morgan fingerprint density at radius 3 is 2.68 bits per heavy atom. The third-order valence-electron chi connectivity index (χ3n) is 4.10. The normalized spacial score (nSPS) is 11.2. The zero-order chi connectivity index (χ0) is 17.8. The van der Waals surface area contributed by atoms with Gasteiger partial charge in [0.05, 0.1) is 18.4 Å². The van der Waals surface area contributed by atoms with E-state index < -0.39 is 0 Å². The fraction of sp³-hybridized carbons (Fsp3) is 0.143. The maximum atomic E-state index is 9.57. The molecule has 124 valence electrons. The van der Waals surface area contributed by atoms with Gasteiger partial charge in [-0.3, -0.25) is 0 Å². The van der Waals surface area contributed by atoms with Gasteiger partial charge in [0, 0.05) is 16.5 Å². The van der Waals surface area contributed by atoms with Gasteiger partial charge in [-0.2, -0.15) is 5.26 Å². The summed E-state index contributed by atoms with van der Waals surface area (Å²) in [5.74, 6) is 0.737. The van der Waals surface area contributed by atoms with Gasteiger partial charge in [-0.15, -0.1) is 11.3 Å². The monoisotopic (exact) mass is 346 g/mol. The van der Waals surface area contributed by atoms with E-state index in [2.05, 4.69) is 43.1 Å². The van der Waals surface area contributed by atoms with Gasteiger partial charge in [-0.1, -0.05) is 30.3 Å². The first kappa shape index (κ1) is 16.9. The molecule has 0 saturated heterocycles. The Hall–Kier alpha value is -2.90. The van der Waals surface area contributed by atoms with E-state index in [4.69, 9.17) is 4.74 Å². The molecule has 0 radical (unpaired) electrons. The molecule has 0 saturated carbocycles. The molecule has 2 aromatic carbocycles. The van der Waals surface area contributed by atoms with Crippen molar-refractivity contribution in [2.24, 2.45) is 0 Å². The maximum Gasteiger partial charge on any atom is 0.134 e. The SMILES string of the molecule is COc1ccccc1/C=C(/C#N)c1nc(-c2ccc(C)c(C)c2)cs1. The Kier molecular flexibility index (Phi) is 4.97. The first-order chi connectivity index (χ1) is 12.1. The number of aromatic nitrogens is 1. The highest BCUT2D eigenvalue weighted by Crippen LogP contribution is 2.29. The van der Waals surface area contributed by atoms with Crippen LogP contribution >= 0.6 is 11.3 Å². The van der Waals surface area contributed by atoms with Crippen molar-refractivity contribution >= 4 is 23.0 Å². The molecule has 0 aliphatic carbocycles. The van der Waals surface area contributed by atoms with E-state index in [0.29, 0.717) is 10.6 Å². The molecule has 3 aromatic rings. The van der Waals surface area contributed by atoms with Crippen molar-refractivity contribution in [2.75, 3.05) is 7.11 Å². The van der Waals surface area contributed by atoms with E-state index in [-0.39, 0.29) is 0 Å². The average molecular weight is 346 g/mol. The van der Waals surface area contributed by atoms with Gasteiger partial charge in [0.15, 0.2) is 0 Å². The van der Waals surface area contributed by atoms with Crippen molar-refractivity contribution in [1.82, 2.24) is 4.98 Å². The summed E-state index contributed by atoms with van der Waals surface area (Å²) < 4.78 is 5.35. The Morgan fingerprint density at radius 1 is 1.16 bits per heavy atom. The molecular formula is C21H18N2OS. The van der Waals surface area contributed by atoms with Crippen LogP contribution in [0.3, 0.4) is 0 Å². The van der Waals surface area contributed by atoms with Gasteiger partial charge in [0.2, 0.25) is 0 Å². The number of nitriles is 1. The van der Waals surface area contributed by atoms with Crippen LogP contribution in [0.1, 0.15) is 21.7 Å². The molecule has 1 heterocycles. The first-order valence-electron chi connectivity index (χ1n) is 7.90. The zero-order valence-corrected chi connectivity index (χ0v) is 15.2. The lowest BCUT2D eigenvalue weighted by Gasteiger charge is -2.04. The van der Waals surface area contributed by atoms with E-state index in [1.54, 1.807) is 7.11 Å². The molecule has 0 N–H and O–H groups in total. The molecule has 0 aliphatic heterocycles. The summed E-state index contributed by atoms with van der Waals surface area (Å²) in [5, 5.41) is 12.3. The Morgan fingerprint density at radius 2 is 1.96 bits per heavy atom. The third kappa shape index (κ3) is 3.62. The smallest absolute Gasteiger partial charge is 0.134 e. The summed E-state index contributed by atoms with van der Waals surface area (Å²) in [5.41, 5.74) is 5.85. The Balaban J connectivity index is 1.98. The van der Waals surface area contributed by atoms with E-state index in [0.717, 1.165) is 22.6 Å². The van der Waals surface area contributed by atoms with Crippen LogP contribution < -0.4 is 4.74 Å². The van der Waals surface area contributed by atoms with Crippen molar-refractivity contribution in [3.05, 3.63) is 69.5 Å². The topological polar surface area (TPSA) is 45.9 Å². The second-order valence-corrected chi connectivity index (χ2v) is 6.61. The zero-order valence-electron chi connectivity index (χ0n) is 14.4. The predicted octanol–water partition coefficient (Wildman–Crippen LogP) is 5.50. The summed E-state index contributed by atoms with van der Waals surface area (Å²) in [7, 11) is 1.62. The van der Waals surface area contributed by atoms with Gasteiger partial charge >= 0.3 is 0 Å². The minimum Gasteiger partial charge on any atom is -0.496 e. The number of allylic oxidation sites excluding steroid dienone is 1. The van der Waals surface area contributed by atoms with Crippen LogP contribution in [0.5, 0.6) is 5.75 Å². The number of aryl methyl sites for hydroxylation is 2. The van der Waals surface area contributed by atoms with Gasteiger partial charge in [0.1, 0.15) is 16.8 Å². The molecule has 25 heavy (non-hydrogen) atoms. The van der Waals surface area contributed by atoms with Crippen LogP contribution in [0.2, 0.25) is 0 Å². The van der Waals surface area contributed by atoms with E-state index in [1.807, 2.05) is 35.7 Å². The Labute approximate surface area is 151 Å². The highest BCUT2D eigenvalue weighted by atomic mass is 32.1. The lowest BCUT2D eigenvalue weighted by atomic mass is 10.1. The molecule has 0 unspecified atom stereocenters. The predicted molar refractivity (Wildman–Crippen MR) is 104 cm³/mol. The molecule has 4 heteroatoms. The summed E-state index contributed by atoms with van der Waals surface area (Å²) in [4.78, 5) is 4.66. The number of benzene rings is 2. The summed E-state index contributed by atoms with van der Waals surface area (Å²) in [6, 6.07) is 16.2. The summed E-state index contributed by atoms with van der Waals surface area (Å²) in [6.45, 7) is 4.18. The molecule has 0 amide bonds. The molecule has 0 spiro atoms. The number of nitrogens with zero attached hydrogens (tertiary/aromatic N) is 2. The number of rotatable bonds is 4. The second kappa shape index (κ2) is 7.33. The summed E-state index contributed by atoms with van der Waals surface area (Å²) in [6.07, 6.45) is 1.82. The molecule has 0 aliphatic rings. The van der Waals surface area contributed by atoms with Gasteiger partial charge in [-0.05, 0) is 43.2 Å². The molecule has 1 aromatic heterocycles. The average Bonchev–Trinajstić information content (AvgIpc) is 3.12. The van der Waals surface area contributed by atoms with Crippen LogP contribution in [-0.4, -0.2) is 12.1 Å². The van der Waals surface area contributed by atoms with Gasteiger partial charge in [0.25, 0.3) is 0 Å². The fourth-order valence-electron chi connectivity index (χ4n) is 2.51. The van der Waals surface area contributed by atoms with E-state index in [1.165, 1.54) is 22.5 Å². The van der Waals surface area contributed by atoms with E-state index in [9.17, 15) is 5.26 Å². The van der Waals surface area contributed by atoms with Crippen molar-refractivity contribution in [2.45, 2.75) is 13.8 Å². The van der Waals surface area contributed by atoms with Crippen molar-refractivity contribution in [1.29, 1.82) is 5.26 Å². The molecule has 0 atom stereocenters. The van der Waals surface area contributed by atoms with Crippen LogP contribution in [0, 0.1) is 25.2 Å². The fourth-order valence-corrected chi connectivity index (χ4v) is 3.31. The molecule has 3 nitrogen and oxygen atoms in total. The minimum absolute atomic E-state index is 0.532. The summed E-state index contributed by atoms with van der Waals surface area (Å²) >= 11 is 1.48. The first-order valence-corrected chi connectivity index (χ1v) is 8.78. The Bertz CT molecular complexity index is 980. The highest BCUT2D eigenvalue weighted by molar-refractivity contribution is 7.11. The van der Waals surface area contributed by atoms with Crippen LogP contribution in [0.25, 0.3) is 22.9 Å². The molecule has 3 rings (SSSR count). The van der Waals surface area contributed by atoms with Crippen LogP contribution in [0.15, 0.2) is 47.8 Å². The van der Waals surface area contributed by atoms with Crippen LogP contribution in [-0.2, 0) is 0 Å². The molecular weight excluding hydrogens is 328 g/mol. The molecule has 0 bridgehead atoms. The number of ether oxygens (including phenoxy) is 1. The minimum atomic E-state index is 0.532. The second-order valence-electron chi connectivity index (χ2n) is 5.75. The van der Waals surface area contributed by atoms with Crippen LogP contribution in [0.4, 0.5) is 0 Å². The molecule has 0 fully saturated rings. The van der Waals surface area contributed by atoms with Gasteiger partial charge < -0.3 is 4.74 Å². The lowest BCUT2D eigenvalue weighted by molar-refractivity contribution is 0.414. The number of para-hydroxylation sites is 1. The number of methoxy groups -OCH3 is 1. The highest BCUT2D eigenvalue weighted by Gasteiger charge is 2.11. The number of hydrogen-bond donors (Lipinski definition) is 0. The van der Waals surface area contributed by atoms with Crippen molar-refractivity contribution in [3.8, 4) is 23.1 Å². The van der Waals surface area contributed by atoms with Crippen molar-refractivity contribution in [3.63, 3.8) is 0 Å².